The standard InChI is InChI=1S/C16H24N2O3/c1-15(2,3)21-14(20)18-16(4,13(19)17-5)11-12-9-7-6-8-10-12/h6-10H,11H2,1-5H3,(H,17,19)(H,18,20). The van der Waals surface area contributed by atoms with Crippen molar-refractivity contribution >= 4 is 12.0 Å². The molecule has 1 aromatic carbocycles. The molecule has 1 rings (SSSR count). The quantitative estimate of drug-likeness (QED) is 0.894. The summed E-state index contributed by atoms with van der Waals surface area (Å²) in [6, 6.07) is 9.53. The van der Waals surface area contributed by atoms with Crippen LogP contribution in [0.2, 0.25) is 0 Å². The molecule has 0 heterocycles. The second-order valence-corrected chi connectivity index (χ2v) is 6.20. The molecular formula is C16H24N2O3. The van der Waals surface area contributed by atoms with Gasteiger partial charge in [-0.15, -0.1) is 0 Å². The number of carbonyl (C=O) groups is 2. The van der Waals surface area contributed by atoms with E-state index in [9.17, 15) is 9.59 Å². The molecule has 1 aromatic rings. The Labute approximate surface area is 126 Å². The molecule has 5 heteroatoms. The average Bonchev–Trinajstić information content (AvgIpc) is 2.36. The summed E-state index contributed by atoms with van der Waals surface area (Å²) < 4.78 is 5.24. The summed E-state index contributed by atoms with van der Waals surface area (Å²) in [5.74, 6) is -0.266. The molecule has 0 aliphatic heterocycles. The van der Waals surface area contributed by atoms with Gasteiger partial charge in [0.25, 0.3) is 0 Å². The van der Waals surface area contributed by atoms with E-state index < -0.39 is 17.2 Å². The van der Waals surface area contributed by atoms with Crippen LogP contribution in [0.1, 0.15) is 33.3 Å². The first kappa shape index (κ1) is 17.0. The number of rotatable bonds is 4. The molecular weight excluding hydrogens is 268 g/mol. The highest BCUT2D eigenvalue weighted by atomic mass is 16.6. The molecule has 116 valence electrons. The maximum Gasteiger partial charge on any atom is 0.408 e. The fraction of sp³-hybridized carbons (Fsp3) is 0.500. The lowest BCUT2D eigenvalue weighted by molar-refractivity contribution is -0.126. The van der Waals surface area contributed by atoms with Crippen molar-refractivity contribution in [2.24, 2.45) is 0 Å². The first-order valence-corrected chi connectivity index (χ1v) is 6.93. The summed E-state index contributed by atoms with van der Waals surface area (Å²) in [5.41, 5.74) is -0.724. The van der Waals surface area contributed by atoms with Crippen LogP contribution in [0.5, 0.6) is 0 Å². The van der Waals surface area contributed by atoms with Crippen LogP contribution < -0.4 is 10.6 Å². The van der Waals surface area contributed by atoms with Gasteiger partial charge in [0.1, 0.15) is 11.1 Å². The number of ether oxygens (including phenoxy) is 1. The predicted molar refractivity (Wildman–Crippen MR) is 82.0 cm³/mol. The zero-order valence-electron chi connectivity index (χ0n) is 13.3. The molecule has 0 bridgehead atoms. The first-order chi connectivity index (χ1) is 9.66. The van der Waals surface area contributed by atoms with E-state index in [1.54, 1.807) is 34.7 Å². The van der Waals surface area contributed by atoms with Crippen molar-refractivity contribution in [3.63, 3.8) is 0 Å². The Morgan fingerprint density at radius 3 is 2.14 bits per heavy atom. The molecule has 21 heavy (non-hydrogen) atoms. The van der Waals surface area contributed by atoms with E-state index in [-0.39, 0.29) is 5.91 Å². The van der Waals surface area contributed by atoms with E-state index >= 15 is 0 Å². The van der Waals surface area contributed by atoms with Gasteiger partial charge in [-0.2, -0.15) is 0 Å². The monoisotopic (exact) mass is 292 g/mol. The molecule has 0 spiro atoms. The van der Waals surface area contributed by atoms with Crippen molar-refractivity contribution in [1.82, 2.24) is 10.6 Å². The molecule has 2 N–H and O–H groups in total. The van der Waals surface area contributed by atoms with Gasteiger partial charge in [0.05, 0.1) is 0 Å². The van der Waals surface area contributed by atoms with Crippen molar-refractivity contribution in [1.29, 1.82) is 0 Å². The first-order valence-electron chi connectivity index (χ1n) is 6.93. The Hall–Kier alpha value is -2.04. The molecule has 0 aromatic heterocycles. The fourth-order valence-electron chi connectivity index (χ4n) is 1.99. The number of amides is 2. The van der Waals surface area contributed by atoms with Crippen LogP contribution in [0.25, 0.3) is 0 Å². The Bertz CT molecular complexity index is 494. The third-order valence-electron chi connectivity index (χ3n) is 2.91. The second kappa shape index (κ2) is 6.61. The number of alkyl carbamates (subject to hydrolysis) is 1. The zero-order valence-corrected chi connectivity index (χ0v) is 13.3. The van der Waals surface area contributed by atoms with Crippen LogP contribution in [0, 0.1) is 0 Å². The maximum absolute atomic E-state index is 12.2. The minimum atomic E-state index is -1.07. The van der Waals surface area contributed by atoms with Gasteiger partial charge in [0, 0.05) is 13.5 Å². The number of likely N-dealkylation sites (N-methyl/N-ethyl adjacent to an activating group) is 1. The fourth-order valence-corrected chi connectivity index (χ4v) is 1.99. The van der Waals surface area contributed by atoms with Gasteiger partial charge in [0.15, 0.2) is 0 Å². The van der Waals surface area contributed by atoms with Gasteiger partial charge in [-0.1, -0.05) is 30.3 Å². The van der Waals surface area contributed by atoms with E-state index in [2.05, 4.69) is 10.6 Å². The Kier molecular flexibility index (Phi) is 5.35. The smallest absolute Gasteiger partial charge is 0.408 e. The molecule has 0 saturated heterocycles. The van der Waals surface area contributed by atoms with E-state index in [0.717, 1.165) is 5.56 Å². The summed E-state index contributed by atoms with van der Waals surface area (Å²) in [4.78, 5) is 24.1. The largest absolute Gasteiger partial charge is 0.444 e. The van der Waals surface area contributed by atoms with Crippen molar-refractivity contribution in [2.45, 2.75) is 45.3 Å². The molecule has 2 amide bonds. The van der Waals surface area contributed by atoms with Crippen LogP contribution in [0.3, 0.4) is 0 Å². The van der Waals surface area contributed by atoms with Crippen LogP contribution in [-0.2, 0) is 16.0 Å². The number of nitrogens with one attached hydrogen (secondary N) is 2. The normalized spacial score (nSPS) is 14.0. The second-order valence-electron chi connectivity index (χ2n) is 6.20. The number of carbonyl (C=O) groups excluding carboxylic acids is 2. The van der Waals surface area contributed by atoms with Crippen LogP contribution in [-0.4, -0.2) is 30.2 Å². The average molecular weight is 292 g/mol. The Morgan fingerprint density at radius 2 is 1.67 bits per heavy atom. The van der Waals surface area contributed by atoms with Gasteiger partial charge in [-0.25, -0.2) is 4.79 Å². The molecule has 1 unspecified atom stereocenters. The van der Waals surface area contributed by atoms with Crippen LogP contribution in [0.15, 0.2) is 30.3 Å². The molecule has 0 aliphatic carbocycles. The zero-order chi connectivity index (χ0) is 16.1. The van der Waals surface area contributed by atoms with E-state index in [1.807, 2.05) is 30.3 Å². The number of hydrogen-bond acceptors (Lipinski definition) is 3. The Morgan fingerprint density at radius 1 is 1.10 bits per heavy atom. The highest BCUT2D eigenvalue weighted by Crippen LogP contribution is 2.15. The lowest BCUT2D eigenvalue weighted by Crippen LogP contribution is -2.58. The summed E-state index contributed by atoms with van der Waals surface area (Å²) >= 11 is 0. The maximum atomic E-state index is 12.2. The van der Waals surface area contributed by atoms with Gasteiger partial charge < -0.3 is 15.4 Å². The summed E-state index contributed by atoms with van der Waals surface area (Å²) in [6.45, 7) is 7.02. The van der Waals surface area contributed by atoms with Crippen molar-refractivity contribution in [3.05, 3.63) is 35.9 Å². The molecule has 0 saturated carbocycles. The van der Waals surface area contributed by atoms with E-state index in [0.29, 0.717) is 6.42 Å². The summed E-state index contributed by atoms with van der Waals surface area (Å²) in [7, 11) is 1.54. The van der Waals surface area contributed by atoms with Crippen molar-refractivity contribution in [3.8, 4) is 0 Å². The third kappa shape index (κ3) is 5.45. The predicted octanol–water partition coefficient (Wildman–Crippen LogP) is 2.26. The number of hydrogen-bond donors (Lipinski definition) is 2. The van der Waals surface area contributed by atoms with Gasteiger partial charge >= 0.3 is 6.09 Å². The lowest BCUT2D eigenvalue weighted by atomic mass is 9.92. The van der Waals surface area contributed by atoms with Crippen molar-refractivity contribution < 1.29 is 14.3 Å². The highest BCUT2D eigenvalue weighted by Gasteiger charge is 2.35. The van der Waals surface area contributed by atoms with Gasteiger partial charge in [-0.3, -0.25) is 4.79 Å². The molecule has 0 radical (unpaired) electrons. The SMILES string of the molecule is CNC(=O)C(C)(Cc1ccccc1)NC(=O)OC(C)(C)C. The number of benzene rings is 1. The molecule has 5 nitrogen and oxygen atoms in total. The Balaban J connectivity index is 2.89. The van der Waals surface area contributed by atoms with Crippen molar-refractivity contribution in [2.75, 3.05) is 7.05 Å². The minimum absolute atomic E-state index is 0.266. The molecule has 1 atom stereocenters. The molecule has 0 fully saturated rings. The van der Waals surface area contributed by atoms with Gasteiger partial charge in [-0.05, 0) is 33.3 Å². The summed E-state index contributed by atoms with van der Waals surface area (Å²) in [5, 5.41) is 5.26. The topological polar surface area (TPSA) is 67.4 Å². The van der Waals surface area contributed by atoms with E-state index in [1.165, 1.54) is 0 Å². The van der Waals surface area contributed by atoms with E-state index in [4.69, 9.17) is 4.74 Å². The molecule has 0 aliphatic rings. The van der Waals surface area contributed by atoms with Gasteiger partial charge in [0.2, 0.25) is 5.91 Å². The third-order valence-corrected chi connectivity index (χ3v) is 2.91. The minimum Gasteiger partial charge on any atom is -0.444 e. The van der Waals surface area contributed by atoms with Crippen LogP contribution in [0.4, 0.5) is 4.79 Å². The highest BCUT2D eigenvalue weighted by molar-refractivity contribution is 5.89. The summed E-state index contributed by atoms with van der Waals surface area (Å²) in [6.07, 6.45) is -0.225. The van der Waals surface area contributed by atoms with Crippen LogP contribution >= 0.6 is 0 Å². The lowest BCUT2D eigenvalue weighted by Gasteiger charge is -2.30.